The van der Waals surface area contributed by atoms with Crippen LogP contribution in [0.1, 0.15) is 76.5 Å². The van der Waals surface area contributed by atoms with Gasteiger partial charge in [0.1, 0.15) is 17.2 Å². The summed E-state index contributed by atoms with van der Waals surface area (Å²) in [5, 5.41) is 8.55. The van der Waals surface area contributed by atoms with E-state index in [0.29, 0.717) is 112 Å². The van der Waals surface area contributed by atoms with Crippen molar-refractivity contribution in [1.82, 2.24) is 15.0 Å². The fourth-order valence-corrected chi connectivity index (χ4v) is 5.24. The van der Waals surface area contributed by atoms with Crippen molar-refractivity contribution in [2.24, 2.45) is 0 Å². The molecular weight excluding hydrogens is 740 g/mol. The van der Waals surface area contributed by atoms with Gasteiger partial charge in [-0.1, -0.05) is 57.6 Å². The van der Waals surface area contributed by atoms with E-state index in [2.05, 4.69) is 36.3 Å². The first-order valence-corrected chi connectivity index (χ1v) is 21.5. The molecule has 1 N–H and O–H groups in total. The molecule has 1 aromatic carbocycles. The number of hydrogen-bond acceptors (Lipinski definition) is 13. The summed E-state index contributed by atoms with van der Waals surface area (Å²) in [6, 6.07) is 6.09. The monoisotopic (exact) mass is 807 g/mol. The van der Waals surface area contributed by atoms with Crippen LogP contribution >= 0.6 is 7.68 Å². The zero-order valence-corrected chi connectivity index (χ0v) is 34.1. The van der Waals surface area contributed by atoms with Crippen molar-refractivity contribution in [3.8, 4) is 11.5 Å². The number of nitrogens with zero attached hydrogens (tertiary/aromatic N) is 3. The van der Waals surface area contributed by atoms with E-state index in [-0.39, 0.29) is 13.2 Å². The van der Waals surface area contributed by atoms with Crippen LogP contribution in [0.4, 0.5) is 4.20 Å². The van der Waals surface area contributed by atoms with E-state index in [0.717, 1.165) is 35.6 Å². The van der Waals surface area contributed by atoms with Gasteiger partial charge < -0.3 is 52.3 Å². The van der Waals surface area contributed by atoms with Crippen LogP contribution in [0.15, 0.2) is 24.4 Å². The van der Waals surface area contributed by atoms with E-state index < -0.39 is 13.8 Å². The largest absolute Gasteiger partial charge is 0.493 e. The highest BCUT2D eigenvalue weighted by Gasteiger charge is 2.14. The minimum absolute atomic E-state index is 0.120. The third kappa shape index (κ3) is 29.6. The zero-order valence-electron chi connectivity index (χ0n) is 33.2. The van der Waals surface area contributed by atoms with Gasteiger partial charge in [-0.25, -0.2) is 4.68 Å². The van der Waals surface area contributed by atoms with Crippen molar-refractivity contribution in [1.29, 1.82) is 0 Å². The third-order valence-corrected chi connectivity index (χ3v) is 8.50. The summed E-state index contributed by atoms with van der Waals surface area (Å²) in [7, 11) is -4.51. The van der Waals surface area contributed by atoms with Gasteiger partial charge in [-0.3, -0.25) is 4.57 Å². The summed E-state index contributed by atoms with van der Waals surface area (Å²) < 4.78 is 80.4. The smallest absolute Gasteiger partial charge is 0.367 e. The topological polar surface area (TPSA) is 160 Å². The minimum atomic E-state index is -4.51. The Morgan fingerprint density at radius 1 is 0.582 bits per heavy atom. The van der Waals surface area contributed by atoms with Crippen LogP contribution in [0.2, 0.25) is 0 Å². The van der Waals surface area contributed by atoms with Gasteiger partial charge in [0.2, 0.25) is 0 Å². The lowest BCUT2D eigenvalue weighted by molar-refractivity contribution is -0.0234. The molecule has 1 unspecified atom stereocenters. The maximum Gasteiger partial charge on any atom is 0.367 e. The van der Waals surface area contributed by atoms with Crippen molar-refractivity contribution >= 4 is 7.68 Å². The Hall–Kier alpha value is -2.24. The predicted octanol–water partition coefficient (Wildman–Crippen LogP) is 6.03. The lowest BCUT2D eigenvalue weighted by Crippen LogP contribution is -2.15. The first kappa shape index (κ1) is 48.9. The van der Waals surface area contributed by atoms with Crippen LogP contribution in [0, 0.1) is 0 Å². The van der Waals surface area contributed by atoms with E-state index in [1.807, 2.05) is 12.3 Å². The van der Waals surface area contributed by atoms with Crippen molar-refractivity contribution in [2.75, 3.05) is 118 Å². The highest BCUT2D eigenvalue weighted by Crippen LogP contribution is 2.41. The quantitative estimate of drug-likeness (QED) is 0.0614. The van der Waals surface area contributed by atoms with Gasteiger partial charge in [-0.15, -0.1) is 5.10 Å². The van der Waals surface area contributed by atoms with Gasteiger partial charge in [-0.2, -0.15) is 4.20 Å². The summed E-state index contributed by atoms with van der Waals surface area (Å²) in [6.07, 6.45) is 10.6. The Kier molecular flexibility index (Phi) is 30.1. The standard InChI is InChI=1S/C38H67FN3O12P/c1-3-5-7-9-11-53-37-29-35(30-38(31-37)54-12-10-8-6-4-2)32-42-33-36(40-41-42)34-52-26-25-50-22-21-48-18-17-46-14-13-45-15-16-47-19-20-49-23-24-51-27-28-55(39,43)44/h29-31,33H,3-28,32,34H2,1-2H3,(H,43,44). The van der Waals surface area contributed by atoms with E-state index in [4.69, 9.17) is 52.3 Å². The highest BCUT2D eigenvalue weighted by atomic mass is 31.2. The number of aromatic nitrogens is 3. The maximum atomic E-state index is 12.4. The van der Waals surface area contributed by atoms with Crippen LogP contribution < -0.4 is 9.47 Å². The normalized spacial score (nSPS) is 12.7. The summed E-state index contributed by atoms with van der Waals surface area (Å²) >= 11 is 0. The van der Waals surface area contributed by atoms with Gasteiger partial charge in [0.25, 0.3) is 0 Å². The molecular formula is C38H67FN3O12P. The molecule has 1 aromatic heterocycles. The minimum Gasteiger partial charge on any atom is -0.493 e. The Balaban J connectivity index is 1.43. The average molecular weight is 808 g/mol. The van der Waals surface area contributed by atoms with E-state index in [1.165, 1.54) is 38.5 Å². The number of hydrogen-bond donors (Lipinski definition) is 1. The molecule has 0 spiro atoms. The van der Waals surface area contributed by atoms with Gasteiger partial charge in [-0.05, 0) is 30.5 Å². The molecule has 17 heteroatoms. The van der Waals surface area contributed by atoms with Crippen molar-refractivity contribution in [2.45, 2.75) is 78.4 Å². The molecule has 1 heterocycles. The van der Waals surface area contributed by atoms with Gasteiger partial charge in [0.05, 0.1) is 138 Å². The molecule has 318 valence electrons. The van der Waals surface area contributed by atoms with Gasteiger partial charge >= 0.3 is 7.68 Å². The molecule has 0 bridgehead atoms. The Bertz CT molecular complexity index is 1190. The Labute approximate surface area is 327 Å². The predicted molar refractivity (Wildman–Crippen MR) is 206 cm³/mol. The summed E-state index contributed by atoms with van der Waals surface area (Å²) in [6.45, 7) is 12.4. The van der Waals surface area contributed by atoms with Gasteiger partial charge in [0.15, 0.2) is 0 Å². The van der Waals surface area contributed by atoms with Crippen LogP contribution in [0.25, 0.3) is 0 Å². The van der Waals surface area contributed by atoms with Gasteiger partial charge in [0, 0.05) is 6.07 Å². The van der Waals surface area contributed by atoms with Crippen LogP contribution in [-0.4, -0.2) is 138 Å². The van der Waals surface area contributed by atoms with Crippen molar-refractivity contribution < 1.29 is 61.0 Å². The molecule has 0 aliphatic rings. The fraction of sp³-hybridized carbons (Fsp3) is 0.789. The second-order valence-electron chi connectivity index (χ2n) is 12.7. The molecule has 55 heavy (non-hydrogen) atoms. The molecule has 0 amide bonds. The maximum absolute atomic E-state index is 12.4. The molecule has 2 aromatic rings. The molecule has 15 nitrogen and oxygen atoms in total. The van der Waals surface area contributed by atoms with Crippen molar-refractivity contribution in [3.63, 3.8) is 0 Å². The summed E-state index contributed by atoms with van der Waals surface area (Å²) in [4.78, 5) is 8.51. The number of halogens is 1. The molecule has 1 atom stereocenters. The van der Waals surface area contributed by atoms with Crippen molar-refractivity contribution in [3.05, 3.63) is 35.7 Å². The third-order valence-electron chi connectivity index (χ3n) is 7.77. The molecule has 0 fully saturated rings. The average Bonchev–Trinajstić information content (AvgIpc) is 3.60. The molecule has 0 aliphatic carbocycles. The number of rotatable bonds is 40. The summed E-state index contributed by atoms with van der Waals surface area (Å²) in [5.74, 6) is 1.64. The van der Waals surface area contributed by atoms with Crippen LogP contribution in [0.3, 0.4) is 0 Å². The molecule has 0 radical (unpaired) electrons. The zero-order chi connectivity index (χ0) is 39.5. The second-order valence-corrected chi connectivity index (χ2v) is 14.4. The second kappa shape index (κ2) is 33.9. The highest BCUT2D eigenvalue weighted by molar-refractivity contribution is 7.52. The fourth-order valence-electron chi connectivity index (χ4n) is 4.89. The lowest BCUT2D eigenvalue weighted by atomic mass is 10.2. The Morgan fingerprint density at radius 2 is 1.00 bits per heavy atom. The molecule has 2 rings (SSSR count). The van der Waals surface area contributed by atoms with E-state index in [1.54, 1.807) is 4.68 Å². The molecule has 0 saturated heterocycles. The number of unbranched alkanes of at least 4 members (excludes halogenated alkanes) is 6. The number of benzene rings is 1. The molecule has 0 saturated carbocycles. The van der Waals surface area contributed by atoms with E-state index >= 15 is 0 Å². The first-order valence-electron chi connectivity index (χ1n) is 19.8. The lowest BCUT2D eigenvalue weighted by Gasteiger charge is -2.13. The molecule has 0 aliphatic heterocycles. The first-order chi connectivity index (χ1) is 26.9. The van der Waals surface area contributed by atoms with Crippen LogP contribution in [-0.2, 0) is 55.6 Å². The van der Waals surface area contributed by atoms with Crippen LogP contribution in [0.5, 0.6) is 11.5 Å². The summed E-state index contributed by atoms with van der Waals surface area (Å²) in [5.41, 5.74) is 1.79. The van der Waals surface area contributed by atoms with E-state index in [9.17, 15) is 8.76 Å². The SMILES string of the molecule is CCCCCCOc1cc(Cn2cc(COCCOCCOCCOCCOCCOCCOCCOCCP(=O)(O)F)nn2)cc(OCCCCCC)c1. The number of ether oxygens (including phenoxy) is 10. The Morgan fingerprint density at radius 3 is 1.42 bits per heavy atom.